The molecule has 0 aliphatic heterocycles. The van der Waals surface area contributed by atoms with Crippen LogP contribution in [-0.4, -0.2) is 46.8 Å². The first-order chi connectivity index (χ1) is 9.89. The lowest BCUT2D eigenvalue weighted by atomic mass is 10.1. The lowest BCUT2D eigenvalue weighted by molar-refractivity contribution is 0.298. The first-order valence-corrected chi connectivity index (χ1v) is 8.82. The zero-order valence-electron chi connectivity index (χ0n) is 13.3. The van der Waals surface area contributed by atoms with Crippen LogP contribution >= 0.6 is 0 Å². The molecule has 1 aromatic rings. The van der Waals surface area contributed by atoms with Crippen LogP contribution in [0, 0.1) is 0 Å². The molecule has 0 bridgehead atoms. The van der Waals surface area contributed by atoms with Gasteiger partial charge in [-0.3, -0.25) is 0 Å². The SMILES string of the molecule is CCCCS(=O)(=O)NCC(c1cccc(OC)c1)N(C)C. The van der Waals surface area contributed by atoms with Gasteiger partial charge in [0.25, 0.3) is 0 Å². The lowest BCUT2D eigenvalue weighted by Crippen LogP contribution is -2.35. The molecule has 0 spiro atoms. The number of methoxy groups -OCH3 is 1. The van der Waals surface area contributed by atoms with E-state index < -0.39 is 10.0 Å². The van der Waals surface area contributed by atoms with Crippen LogP contribution in [0.15, 0.2) is 24.3 Å². The van der Waals surface area contributed by atoms with Gasteiger partial charge in [-0.15, -0.1) is 0 Å². The van der Waals surface area contributed by atoms with Crippen molar-refractivity contribution in [1.82, 2.24) is 9.62 Å². The van der Waals surface area contributed by atoms with Gasteiger partial charge in [0, 0.05) is 12.6 Å². The number of ether oxygens (including phenoxy) is 1. The Labute approximate surface area is 128 Å². The maximum Gasteiger partial charge on any atom is 0.211 e. The van der Waals surface area contributed by atoms with Gasteiger partial charge in [-0.1, -0.05) is 25.5 Å². The number of likely N-dealkylation sites (N-methyl/N-ethyl adjacent to an activating group) is 1. The molecule has 5 nitrogen and oxygen atoms in total. The van der Waals surface area contributed by atoms with Crippen LogP contribution in [0.3, 0.4) is 0 Å². The molecule has 0 fully saturated rings. The number of hydrogen-bond acceptors (Lipinski definition) is 4. The fourth-order valence-electron chi connectivity index (χ4n) is 2.06. The molecular formula is C15H26N2O3S. The highest BCUT2D eigenvalue weighted by Crippen LogP contribution is 2.22. The standard InChI is InChI=1S/C15H26N2O3S/c1-5-6-10-21(18,19)16-12-15(17(2)3)13-8-7-9-14(11-13)20-4/h7-9,11,15-16H,5-6,10,12H2,1-4H3. The van der Waals surface area contributed by atoms with Crippen molar-refractivity contribution < 1.29 is 13.2 Å². The van der Waals surface area contributed by atoms with E-state index >= 15 is 0 Å². The largest absolute Gasteiger partial charge is 0.497 e. The van der Waals surface area contributed by atoms with Crippen LogP contribution in [0.4, 0.5) is 0 Å². The molecule has 1 unspecified atom stereocenters. The van der Waals surface area contributed by atoms with Crippen LogP contribution in [0.2, 0.25) is 0 Å². The fourth-order valence-corrected chi connectivity index (χ4v) is 3.28. The monoisotopic (exact) mass is 314 g/mol. The van der Waals surface area contributed by atoms with E-state index in [9.17, 15) is 8.42 Å². The Bertz CT molecular complexity index is 529. The molecule has 6 heteroatoms. The van der Waals surface area contributed by atoms with E-state index in [4.69, 9.17) is 4.74 Å². The van der Waals surface area contributed by atoms with Crippen LogP contribution in [0.1, 0.15) is 31.4 Å². The second-order valence-corrected chi connectivity index (χ2v) is 7.20. The summed E-state index contributed by atoms with van der Waals surface area (Å²) in [5.41, 5.74) is 1.03. The zero-order chi connectivity index (χ0) is 15.9. The van der Waals surface area contributed by atoms with Crippen molar-refractivity contribution in [3.05, 3.63) is 29.8 Å². The summed E-state index contributed by atoms with van der Waals surface area (Å²) in [6.07, 6.45) is 1.55. The molecule has 1 N–H and O–H groups in total. The number of unbranched alkanes of at least 4 members (excludes halogenated alkanes) is 1. The van der Waals surface area contributed by atoms with Gasteiger partial charge >= 0.3 is 0 Å². The molecule has 0 saturated heterocycles. The number of hydrogen-bond donors (Lipinski definition) is 1. The highest BCUT2D eigenvalue weighted by atomic mass is 32.2. The van der Waals surface area contributed by atoms with Crippen molar-refractivity contribution in [1.29, 1.82) is 0 Å². The highest BCUT2D eigenvalue weighted by Gasteiger charge is 2.18. The number of nitrogens with one attached hydrogen (secondary N) is 1. The summed E-state index contributed by atoms with van der Waals surface area (Å²) in [5, 5.41) is 0. The second-order valence-electron chi connectivity index (χ2n) is 5.28. The molecule has 0 aliphatic carbocycles. The number of benzene rings is 1. The van der Waals surface area contributed by atoms with Crippen molar-refractivity contribution in [3.8, 4) is 5.75 Å². The van der Waals surface area contributed by atoms with E-state index in [1.54, 1.807) is 7.11 Å². The smallest absolute Gasteiger partial charge is 0.211 e. The molecule has 0 radical (unpaired) electrons. The Balaban J connectivity index is 2.78. The summed E-state index contributed by atoms with van der Waals surface area (Å²) in [7, 11) is 2.29. The minimum atomic E-state index is -3.20. The van der Waals surface area contributed by atoms with E-state index in [0.717, 1.165) is 17.7 Å². The molecule has 0 heterocycles. The predicted molar refractivity (Wildman–Crippen MR) is 86.1 cm³/mol. The maximum atomic E-state index is 11.9. The summed E-state index contributed by atoms with van der Waals surface area (Å²) in [4.78, 5) is 2.00. The van der Waals surface area contributed by atoms with Gasteiger partial charge in [-0.25, -0.2) is 13.1 Å². The molecule has 1 rings (SSSR count). The summed E-state index contributed by atoms with van der Waals surface area (Å²) < 4.78 is 31.8. The van der Waals surface area contributed by atoms with Crippen LogP contribution < -0.4 is 9.46 Å². The molecule has 0 aromatic heterocycles. The van der Waals surface area contributed by atoms with Crippen molar-refractivity contribution in [2.24, 2.45) is 0 Å². The summed E-state index contributed by atoms with van der Waals surface area (Å²) in [6.45, 7) is 2.33. The zero-order valence-corrected chi connectivity index (χ0v) is 14.1. The topological polar surface area (TPSA) is 58.6 Å². The van der Waals surface area contributed by atoms with Crippen molar-refractivity contribution in [2.45, 2.75) is 25.8 Å². The van der Waals surface area contributed by atoms with Gasteiger partial charge in [0.15, 0.2) is 0 Å². The highest BCUT2D eigenvalue weighted by molar-refractivity contribution is 7.89. The summed E-state index contributed by atoms with van der Waals surface area (Å²) in [6, 6.07) is 7.67. The van der Waals surface area contributed by atoms with E-state index in [1.807, 2.05) is 50.2 Å². The van der Waals surface area contributed by atoms with Gasteiger partial charge in [0.2, 0.25) is 10.0 Å². The minimum Gasteiger partial charge on any atom is -0.497 e. The lowest BCUT2D eigenvalue weighted by Gasteiger charge is -2.25. The Hall–Kier alpha value is -1.11. The molecule has 0 saturated carbocycles. The predicted octanol–water partition coefficient (Wildman–Crippen LogP) is 2.02. The van der Waals surface area contributed by atoms with Crippen LogP contribution in [0.25, 0.3) is 0 Å². The average molecular weight is 314 g/mol. The van der Waals surface area contributed by atoms with Crippen molar-refractivity contribution in [2.75, 3.05) is 33.5 Å². The van der Waals surface area contributed by atoms with E-state index in [-0.39, 0.29) is 11.8 Å². The van der Waals surface area contributed by atoms with Gasteiger partial charge < -0.3 is 9.64 Å². The van der Waals surface area contributed by atoms with Gasteiger partial charge in [0.1, 0.15) is 5.75 Å². The third-order valence-corrected chi connectivity index (χ3v) is 4.80. The van der Waals surface area contributed by atoms with Gasteiger partial charge in [-0.05, 0) is 38.2 Å². The molecule has 1 atom stereocenters. The third-order valence-electron chi connectivity index (χ3n) is 3.37. The minimum absolute atomic E-state index is 0.0310. The summed E-state index contributed by atoms with van der Waals surface area (Å²) in [5.74, 6) is 0.954. The second kappa shape index (κ2) is 8.36. The van der Waals surface area contributed by atoms with Crippen molar-refractivity contribution in [3.63, 3.8) is 0 Å². The quantitative estimate of drug-likeness (QED) is 0.757. The molecule has 1 aromatic carbocycles. The first kappa shape index (κ1) is 17.9. The van der Waals surface area contributed by atoms with Crippen LogP contribution in [0.5, 0.6) is 5.75 Å². The molecule has 0 amide bonds. The Morgan fingerprint density at radius 3 is 2.62 bits per heavy atom. The maximum absolute atomic E-state index is 11.9. The fraction of sp³-hybridized carbons (Fsp3) is 0.600. The Morgan fingerprint density at radius 1 is 1.33 bits per heavy atom. The van der Waals surface area contributed by atoms with Crippen LogP contribution in [-0.2, 0) is 10.0 Å². The molecule has 21 heavy (non-hydrogen) atoms. The molecule has 120 valence electrons. The Kier molecular flexibility index (Phi) is 7.14. The van der Waals surface area contributed by atoms with Gasteiger partial charge in [-0.2, -0.15) is 0 Å². The normalized spacial score (nSPS) is 13.4. The molecular weight excluding hydrogens is 288 g/mol. The number of rotatable bonds is 9. The Morgan fingerprint density at radius 2 is 2.05 bits per heavy atom. The average Bonchev–Trinajstić information content (AvgIpc) is 2.45. The summed E-state index contributed by atoms with van der Waals surface area (Å²) >= 11 is 0. The van der Waals surface area contributed by atoms with Gasteiger partial charge in [0.05, 0.1) is 12.9 Å². The van der Waals surface area contributed by atoms with E-state index in [0.29, 0.717) is 13.0 Å². The third kappa shape index (κ3) is 6.03. The van der Waals surface area contributed by atoms with E-state index in [2.05, 4.69) is 4.72 Å². The first-order valence-electron chi connectivity index (χ1n) is 7.17. The molecule has 0 aliphatic rings. The number of sulfonamides is 1. The van der Waals surface area contributed by atoms with Crippen molar-refractivity contribution >= 4 is 10.0 Å². The number of nitrogens with zero attached hydrogens (tertiary/aromatic N) is 1. The van der Waals surface area contributed by atoms with E-state index in [1.165, 1.54) is 0 Å².